The van der Waals surface area contributed by atoms with E-state index in [1.807, 2.05) is 33.9 Å². The summed E-state index contributed by atoms with van der Waals surface area (Å²) in [4.78, 5) is 28.5. The number of nitrogens with zero attached hydrogens (tertiary/aromatic N) is 5. The van der Waals surface area contributed by atoms with E-state index in [9.17, 15) is 14.7 Å². The number of carbonyl (C=O) groups excluding carboxylic acids is 2. The maximum Gasteiger partial charge on any atom is 0.317 e. The molecule has 2 N–H and O–H groups in total. The molecule has 0 aromatic carbocycles. The maximum atomic E-state index is 12.8. The highest BCUT2D eigenvalue weighted by atomic mass is 16.5. The van der Waals surface area contributed by atoms with E-state index < -0.39 is 0 Å². The normalized spacial score (nSPS) is 22.1. The number of urea groups is 1. The van der Waals surface area contributed by atoms with Crippen LogP contribution in [0.15, 0.2) is 6.20 Å². The third-order valence-electron chi connectivity index (χ3n) is 5.26. The highest BCUT2D eigenvalue weighted by molar-refractivity contribution is 5.76. The highest BCUT2D eigenvalue weighted by Gasteiger charge is 2.28. The topological polar surface area (TPSA) is 113 Å². The predicted molar refractivity (Wildman–Crippen MR) is 112 cm³/mol. The average molecular weight is 425 g/mol. The van der Waals surface area contributed by atoms with Gasteiger partial charge in [-0.25, -0.2) is 4.79 Å². The first-order chi connectivity index (χ1) is 14.2. The Balaban J connectivity index is 2.21. The molecule has 2 bridgehead atoms. The molecule has 0 fully saturated rings. The van der Waals surface area contributed by atoms with Crippen LogP contribution in [0.3, 0.4) is 0 Å². The van der Waals surface area contributed by atoms with Gasteiger partial charge >= 0.3 is 6.03 Å². The quantitative estimate of drug-likeness (QED) is 0.725. The number of aliphatic hydroxyl groups excluding tert-OH is 1. The summed E-state index contributed by atoms with van der Waals surface area (Å²) in [6, 6.07) is -0.427. The third kappa shape index (κ3) is 6.94. The molecule has 30 heavy (non-hydrogen) atoms. The molecule has 2 rings (SSSR count). The van der Waals surface area contributed by atoms with Crippen molar-refractivity contribution in [2.75, 3.05) is 26.7 Å². The van der Waals surface area contributed by atoms with E-state index in [2.05, 4.69) is 15.6 Å². The fourth-order valence-electron chi connectivity index (χ4n) is 3.40. The number of amides is 3. The standard InChI is InChI=1S/C20H36N6O4/c1-14(2)21-20(29)24(5)11-18-15(3)9-26(16(4)12-27)19(28)7-6-8-25-10-17(13-30-18)22-23-25/h10,14-16,18,27H,6-9,11-13H2,1-5H3,(H,21,29)/t15-,16+,18-/m1/s1. The number of nitrogens with one attached hydrogen (secondary N) is 1. The molecular weight excluding hydrogens is 388 g/mol. The Hall–Kier alpha value is -2.20. The van der Waals surface area contributed by atoms with E-state index in [-0.39, 0.29) is 49.3 Å². The van der Waals surface area contributed by atoms with Crippen LogP contribution in [0.2, 0.25) is 0 Å². The summed E-state index contributed by atoms with van der Waals surface area (Å²) < 4.78 is 7.86. The summed E-state index contributed by atoms with van der Waals surface area (Å²) in [5.74, 6) is -0.0688. The van der Waals surface area contributed by atoms with Crippen molar-refractivity contribution in [1.29, 1.82) is 0 Å². The van der Waals surface area contributed by atoms with E-state index in [1.165, 1.54) is 0 Å². The summed E-state index contributed by atoms with van der Waals surface area (Å²) in [6.45, 7) is 9.23. The smallest absolute Gasteiger partial charge is 0.317 e. The highest BCUT2D eigenvalue weighted by Crippen LogP contribution is 2.17. The Morgan fingerprint density at radius 3 is 2.83 bits per heavy atom. The van der Waals surface area contributed by atoms with Crippen LogP contribution in [0.4, 0.5) is 4.79 Å². The predicted octanol–water partition coefficient (Wildman–Crippen LogP) is 0.852. The molecule has 0 saturated carbocycles. The first-order valence-corrected chi connectivity index (χ1v) is 10.6. The van der Waals surface area contributed by atoms with E-state index in [4.69, 9.17) is 4.74 Å². The second-order valence-corrected chi connectivity index (χ2v) is 8.47. The van der Waals surface area contributed by atoms with Crippen molar-refractivity contribution in [3.8, 4) is 0 Å². The van der Waals surface area contributed by atoms with Crippen LogP contribution in [-0.2, 0) is 22.7 Å². The number of ether oxygens (including phenoxy) is 1. The Bertz CT molecular complexity index is 695. The Labute approximate surface area is 178 Å². The zero-order valence-corrected chi connectivity index (χ0v) is 18.7. The number of aryl methyl sites for hydroxylation is 1. The number of likely N-dealkylation sites (N-methyl/N-ethyl adjacent to an activating group) is 1. The molecule has 1 aliphatic heterocycles. The average Bonchev–Trinajstić information content (AvgIpc) is 3.14. The first-order valence-electron chi connectivity index (χ1n) is 10.6. The Morgan fingerprint density at radius 1 is 1.43 bits per heavy atom. The molecule has 0 radical (unpaired) electrons. The lowest BCUT2D eigenvalue weighted by molar-refractivity contribution is -0.136. The van der Waals surface area contributed by atoms with Gasteiger partial charge in [0.2, 0.25) is 5.91 Å². The van der Waals surface area contributed by atoms with Crippen molar-refractivity contribution < 1.29 is 19.4 Å². The molecular formula is C20H36N6O4. The van der Waals surface area contributed by atoms with Crippen LogP contribution in [0.5, 0.6) is 0 Å². The van der Waals surface area contributed by atoms with Crippen LogP contribution in [-0.4, -0.2) is 86.8 Å². The largest absolute Gasteiger partial charge is 0.394 e. The lowest BCUT2D eigenvalue weighted by Gasteiger charge is -2.35. The van der Waals surface area contributed by atoms with Gasteiger partial charge in [-0.2, -0.15) is 0 Å². The minimum absolute atomic E-state index is 0.00681. The van der Waals surface area contributed by atoms with Crippen molar-refractivity contribution in [2.24, 2.45) is 5.92 Å². The molecule has 10 heteroatoms. The first kappa shape index (κ1) is 24.1. The van der Waals surface area contributed by atoms with Crippen molar-refractivity contribution >= 4 is 11.9 Å². The van der Waals surface area contributed by atoms with E-state index in [0.29, 0.717) is 38.2 Å². The zero-order valence-electron chi connectivity index (χ0n) is 18.7. The zero-order chi connectivity index (χ0) is 22.3. The molecule has 1 aromatic heterocycles. The van der Waals surface area contributed by atoms with Gasteiger partial charge in [-0.15, -0.1) is 5.10 Å². The minimum Gasteiger partial charge on any atom is -0.394 e. The van der Waals surface area contributed by atoms with Gasteiger partial charge in [0.1, 0.15) is 5.69 Å². The monoisotopic (exact) mass is 424 g/mol. The maximum absolute atomic E-state index is 12.8. The van der Waals surface area contributed by atoms with E-state index >= 15 is 0 Å². The van der Waals surface area contributed by atoms with Crippen molar-refractivity contribution in [2.45, 2.75) is 71.9 Å². The molecule has 170 valence electrons. The molecule has 2 heterocycles. The number of carbonyl (C=O) groups is 2. The van der Waals surface area contributed by atoms with Gasteiger partial charge in [0.05, 0.1) is 31.6 Å². The van der Waals surface area contributed by atoms with Crippen molar-refractivity contribution in [1.82, 2.24) is 30.1 Å². The summed E-state index contributed by atoms with van der Waals surface area (Å²) in [5, 5.41) is 20.8. The third-order valence-corrected chi connectivity index (χ3v) is 5.26. The number of aliphatic hydroxyl groups is 1. The van der Waals surface area contributed by atoms with Crippen LogP contribution >= 0.6 is 0 Å². The van der Waals surface area contributed by atoms with Gasteiger partial charge in [-0.1, -0.05) is 12.1 Å². The van der Waals surface area contributed by atoms with Crippen LogP contribution in [0, 0.1) is 5.92 Å². The molecule has 0 aliphatic carbocycles. The summed E-state index contributed by atoms with van der Waals surface area (Å²) in [7, 11) is 1.73. The van der Waals surface area contributed by atoms with Crippen LogP contribution in [0.25, 0.3) is 0 Å². The molecule has 1 aromatic rings. The summed E-state index contributed by atoms with van der Waals surface area (Å²) in [6.07, 6.45) is 2.52. The number of hydrogen-bond donors (Lipinski definition) is 2. The van der Waals surface area contributed by atoms with Gasteiger partial charge in [-0.05, 0) is 27.2 Å². The van der Waals surface area contributed by atoms with Crippen molar-refractivity contribution in [3.05, 3.63) is 11.9 Å². The van der Waals surface area contributed by atoms with Gasteiger partial charge in [0, 0.05) is 45.1 Å². The SMILES string of the molecule is CC(C)NC(=O)N(C)C[C@H]1OCc2cn(nn2)CCCC(=O)N([C@@H](C)CO)C[C@H]1C. The Kier molecular flexibility index (Phi) is 9.04. The van der Waals surface area contributed by atoms with Gasteiger partial charge in [0.25, 0.3) is 0 Å². The number of rotatable bonds is 5. The molecule has 0 spiro atoms. The van der Waals surface area contributed by atoms with Gasteiger partial charge < -0.3 is 25.0 Å². The molecule has 1 aliphatic rings. The van der Waals surface area contributed by atoms with Crippen molar-refractivity contribution in [3.63, 3.8) is 0 Å². The fraction of sp³-hybridized carbons (Fsp3) is 0.800. The van der Waals surface area contributed by atoms with E-state index in [0.717, 1.165) is 0 Å². The number of aromatic nitrogens is 3. The van der Waals surface area contributed by atoms with Crippen LogP contribution in [0.1, 0.15) is 46.2 Å². The number of fused-ring (bicyclic) bond motifs is 2. The molecule has 0 saturated heterocycles. The van der Waals surface area contributed by atoms with Gasteiger partial charge in [0.15, 0.2) is 0 Å². The molecule has 0 unspecified atom stereocenters. The lowest BCUT2D eigenvalue weighted by atomic mass is 10.0. The fourth-order valence-corrected chi connectivity index (χ4v) is 3.40. The van der Waals surface area contributed by atoms with Crippen LogP contribution < -0.4 is 5.32 Å². The minimum atomic E-state index is -0.319. The van der Waals surface area contributed by atoms with Gasteiger partial charge in [-0.3, -0.25) is 9.48 Å². The summed E-state index contributed by atoms with van der Waals surface area (Å²) in [5.41, 5.74) is 0.715. The lowest BCUT2D eigenvalue weighted by Crippen LogP contribution is -2.49. The number of hydrogen-bond acceptors (Lipinski definition) is 6. The molecule has 3 atom stereocenters. The second kappa shape index (κ2) is 11.3. The Morgan fingerprint density at radius 2 is 2.17 bits per heavy atom. The summed E-state index contributed by atoms with van der Waals surface area (Å²) >= 11 is 0. The van der Waals surface area contributed by atoms with E-state index in [1.54, 1.807) is 21.5 Å². The molecule has 10 nitrogen and oxygen atoms in total. The second-order valence-electron chi connectivity index (χ2n) is 8.47. The molecule has 3 amide bonds.